The predicted molar refractivity (Wildman–Crippen MR) is 70.0 cm³/mol. The minimum absolute atomic E-state index is 0.545. The largest absolute Gasteiger partial charge is 0.316 e. The van der Waals surface area contributed by atoms with Gasteiger partial charge in [-0.25, -0.2) is 0 Å². The van der Waals surface area contributed by atoms with Crippen LogP contribution in [0.5, 0.6) is 0 Å². The molecule has 0 aromatic rings. The molecule has 0 bridgehead atoms. The van der Waals surface area contributed by atoms with Gasteiger partial charge >= 0.3 is 0 Å². The van der Waals surface area contributed by atoms with Gasteiger partial charge in [-0.2, -0.15) is 0 Å². The lowest BCUT2D eigenvalue weighted by atomic mass is 9.95. The highest BCUT2D eigenvalue weighted by atomic mass is 14.9. The van der Waals surface area contributed by atoms with Crippen LogP contribution < -0.4 is 5.32 Å². The molecule has 0 rings (SSSR count). The topological polar surface area (TPSA) is 12.0 Å². The molecule has 1 heteroatoms. The summed E-state index contributed by atoms with van der Waals surface area (Å²) in [4.78, 5) is 0. The molecular weight excluding hydrogens is 182 g/mol. The fourth-order valence-electron chi connectivity index (χ4n) is 1.56. The van der Waals surface area contributed by atoms with Crippen molar-refractivity contribution in [2.24, 2.45) is 5.92 Å². The average Bonchev–Trinajstić information content (AvgIpc) is 2.18. The Morgan fingerprint density at radius 1 is 1.40 bits per heavy atom. The third-order valence-electron chi connectivity index (χ3n) is 2.61. The maximum absolute atomic E-state index is 3.94. The van der Waals surface area contributed by atoms with Gasteiger partial charge < -0.3 is 5.32 Å². The molecule has 0 aliphatic rings. The lowest BCUT2D eigenvalue weighted by Gasteiger charge is -2.20. The number of allylic oxidation sites excluding steroid dienone is 4. The lowest BCUT2D eigenvalue weighted by molar-refractivity contribution is 0.434. The Balaban J connectivity index is 4.08. The first-order chi connectivity index (χ1) is 7.11. The summed E-state index contributed by atoms with van der Waals surface area (Å²) < 4.78 is 0. The van der Waals surface area contributed by atoms with Crippen molar-refractivity contribution in [2.75, 3.05) is 7.05 Å². The van der Waals surface area contributed by atoms with Crippen LogP contribution in [0, 0.1) is 5.92 Å². The summed E-state index contributed by atoms with van der Waals surface area (Å²) in [6.07, 6.45) is 10.8. The number of hydrogen-bond donors (Lipinski definition) is 1. The molecule has 0 saturated carbocycles. The minimum atomic E-state index is 0.545. The van der Waals surface area contributed by atoms with Crippen molar-refractivity contribution in [3.8, 4) is 0 Å². The standard InChI is InChI=1S/C14H25N/c1-6-7-8-9-13(4)14(15-5)11-10-12(2)3/h6-9,13-15H,2,10-11H2,1,3-5H3/b7-6-,9-8-. The highest BCUT2D eigenvalue weighted by molar-refractivity contribution is 5.04. The van der Waals surface area contributed by atoms with Gasteiger partial charge in [0.25, 0.3) is 0 Å². The zero-order valence-electron chi connectivity index (χ0n) is 10.6. The quantitative estimate of drug-likeness (QED) is 0.496. The van der Waals surface area contributed by atoms with E-state index in [1.165, 1.54) is 5.57 Å². The van der Waals surface area contributed by atoms with E-state index in [-0.39, 0.29) is 0 Å². The second-order valence-corrected chi connectivity index (χ2v) is 4.16. The molecule has 1 nitrogen and oxygen atoms in total. The summed E-state index contributed by atoms with van der Waals surface area (Å²) >= 11 is 0. The van der Waals surface area contributed by atoms with Crippen LogP contribution in [0.15, 0.2) is 36.5 Å². The molecule has 2 unspecified atom stereocenters. The van der Waals surface area contributed by atoms with Crippen LogP contribution >= 0.6 is 0 Å². The van der Waals surface area contributed by atoms with Crippen LogP contribution in [0.2, 0.25) is 0 Å². The summed E-state index contributed by atoms with van der Waals surface area (Å²) in [5, 5.41) is 3.37. The van der Waals surface area contributed by atoms with Crippen LogP contribution in [0.25, 0.3) is 0 Å². The molecule has 15 heavy (non-hydrogen) atoms. The van der Waals surface area contributed by atoms with Crippen molar-refractivity contribution < 1.29 is 0 Å². The molecule has 2 atom stereocenters. The van der Waals surface area contributed by atoms with Crippen LogP contribution in [0.4, 0.5) is 0 Å². The van der Waals surface area contributed by atoms with E-state index in [0.29, 0.717) is 12.0 Å². The molecular formula is C14H25N. The summed E-state index contributed by atoms with van der Waals surface area (Å²) in [6.45, 7) is 10.3. The fourth-order valence-corrected chi connectivity index (χ4v) is 1.56. The van der Waals surface area contributed by atoms with Gasteiger partial charge in [-0.05, 0) is 39.7 Å². The van der Waals surface area contributed by atoms with Gasteiger partial charge in [0, 0.05) is 6.04 Å². The predicted octanol–water partition coefficient (Wildman–Crippen LogP) is 3.70. The van der Waals surface area contributed by atoms with E-state index in [9.17, 15) is 0 Å². The maximum Gasteiger partial charge on any atom is 0.0127 e. The molecule has 0 aromatic heterocycles. The Bertz CT molecular complexity index is 225. The van der Waals surface area contributed by atoms with Crippen LogP contribution in [0.3, 0.4) is 0 Å². The maximum atomic E-state index is 3.94. The molecule has 0 heterocycles. The fraction of sp³-hybridized carbons (Fsp3) is 0.571. The highest BCUT2D eigenvalue weighted by Gasteiger charge is 2.11. The van der Waals surface area contributed by atoms with E-state index < -0.39 is 0 Å². The average molecular weight is 207 g/mol. The van der Waals surface area contributed by atoms with Crippen molar-refractivity contribution >= 4 is 0 Å². The third kappa shape index (κ3) is 7.15. The number of hydrogen-bond acceptors (Lipinski definition) is 1. The first-order valence-electron chi connectivity index (χ1n) is 5.73. The molecule has 0 saturated heterocycles. The number of rotatable bonds is 7. The Labute approximate surface area is 95.0 Å². The van der Waals surface area contributed by atoms with Gasteiger partial charge in [0.2, 0.25) is 0 Å². The Kier molecular flexibility index (Phi) is 8.02. The summed E-state index contributed by atoms with van der Waals surface area (Å²) in [5.41, 5.74) is 1.26. The van der Waals surface area contributed by atoms with Gasteiger partial charge in [-0.15, -0.1) is 6.58 Å². The Morgan fingerprint density at radius 2 is 2.07 bits per heavy atom. The molecule has 0 fully saturated rings. The van der Waals surface area contributed by atoms with Crippen molar-refractivity contribution in [3.63, 3.8) is 0 Å². The zero-order valence-corrected chi connectivity index (χ0v) is 10.6. The van der Waals surface area contributed by atoms with Crippen molar-refractivity contribution in [2.45, 2.75) is 39.7 Å². The van der Waals surface area contributed by atoms with E-state index >= 15 is 0 Å². The second kappa shape index (κ2) is 8.49. The molecule has 0 amide bonds. The van der Waals surface area contributed by atoms with E-state index in [2.05, 4.69) is 44.0 Å². The van der Waals surface area contributed by atoms with Crippen molar-refractivity contribution in [1.29, 1.82) is 0 Å². The molecule has 0 aliphatic carbocycles. The molecule has 0 radical (unpaired) electrons. The van der Waals surface area contributed by atoms with Gasteiger partial charge in [-0.3, -0.25) is 0 Å². The lowest BCUT2D eigenvalue weighted by Crippen LogP contribution is -2.31. The monoisotopic (exact) mass is 207 g/mol. The summed E-state index contributed by atoms with van der Waals surface area (Å²) in [5.74, 6) is 0.561. The molecule has 0 spiro atoms. The van der Waals surface area contributed by atoms with Gasteiger partial charge in [-0.1, -0.05) is 36.8 Å². The summed E-state index contributed by atoms with van der Waals surface area (Å²) in [7, 11) is 2.03. The zero-order chi connectivity index (χ0) is 11.7. The number of nitrogens with one attached hydrogen (secondary N) is 1. The first-order valence-corrected chi connectivity index (χ1v) is 5.73. The van der Waals surface area contributed by atoms with Crippen LogP contribution in [-0.4, -0.2) is 13.1 Å². The third-order valence-corrected chi connectivity index (χ3v) is 2.61. The SMILES string of the molecule is C=C(C)CCC(NC)C(C)/C=C\C=C/C. The molecule has 0 aliphatic heterocycles. The van der Waals surface area contributed by atoms with E-state index in [1.54, 1.807) is 0 Å². The van der Waals surface area contributed by atoms with Crippen LogP contribution in [0.1, 0.15) is 33.6 Å². The Morgan fingerprint density at radius 3 is 2.53 bits per heavy atom. The normalized spacial score (nSPS) is 16.0. The van der Waals surface area contributed by atoms with Gasteiger partial charge in [0.05, 0.1) is 0 Å². The van der Waals surface area contributed by atoms with Gasteiger partial charge in [0.1, 0.15) is 0 Å². The van der Waals surface area contributed by atoms with E-state index in [4.69, 9.17) is 0 Å². The summed E-state index contributed by atoms with van der Waals surface area (Å²) in [6, 6.07) is 0.545. The molecule has 1 N–H and O–H groups in total. The molecule has 0 aromatic carbocycles. The second-order valence-electron chi connectivity index (χ2n) is 4.16. The smallest absolute Gasteiger partial charge is 0.0127 e. The minimum Gasteiger partial charge on any atom is -0.316 e. The van der Waals surface area contributed by atoms with Crippen molar-refractivity contribution in [3.05, 3.63) is 36.5 Å². The van der Waals surface area contributed by atoms with Crippen LogP contribution in [-0.2, 0) is 0 Å². The van der Waals surface area contributed by atoms with E-state index in [0.717, 1.165) is 12.8 Å². The highest BCUT2D eigenvalue weighted by Crippen LogP contribution is 2.13. The molecule has 86 valence electrons. The van der Waals surface area contributed by atoms with E-state index in [1.807, 2.05) is 20.0 Å². The Hall–Kier alpha value is -0.820. The first kappa shape index (κ1) is 14.2. The van der Waals surface area contributed by atoms with Gasteiger partial charge in [0.15, 0.2) is 0 Å². The van der Waals surface area contributed by atoms with Crippen molar-refractivity contribution in [1.82, 2.24) is 5.32 Å².